The van der Waals surface area contributed by atoms with Gasteiger partial charge in [0.25, 0.3) is 0 Å². The average molecular weight is 183 g/mol. The second kappa shape index (κ2) is 2.88. The molecule has 0 aromatic rings. The zero-order chi connectivity index (χ0) is 9.41. The van der Waals surface area contributed by atoms with Crippen LogP contribution in [0.4, 0.5) is 13.2 Å². The molecule has 1 heterocycles. The van der Waals surface area contributed by atoms with E-state index in [0.717, 1.165) is 0 Å². The highest BCUT2D eigenvalue weighted by atomic mass is 19.4. The Morgan fingerprint density at radius 3 is 2.33 bits per heavy atom. The number of rotatable bonds is 0. The van der Waals surface area contributed by atoms with E-state index in [-0.39, 0.29) is 13.0 Å². The highest BCUT2D eigenvalue weighted by molar-refractivity contribution is 4.71. The zero-order valence-corrected chi connectivity index (χ0v) is 6.90. The molecule has 12 heavy (non-hydrogen) atoms. The maximum absolute atomic E-state index is 12.1. The molecule has 1 fully saturated rings. The summed E-state index contributed by atoms with van der Waals surface area (Å²) in [7, 11) is 1.30. The molecule has 2 unspecified atom stereocenters. The maximum atomic E-state index is 12.1. The fraction of sp³-hybridized carbons (Fsp3) is 1.00. The van der Waals surface area contributed by atoms with Gasteiger partial charge in [-0.1, -0.05) is 0 Å². The Morgan fingerprint density at radius 1 is 1.42 bits per heavy atom. The highest BCUT2D eigenvalue weighted by Crippen LogP contribution is 2.34. The first-order chi connectivity index (χ1) is 5.31. The molecule has 5 heteroatoms. The van der Waals surface area contributed by atoms with Gasteiger partial charge in [0.2, 0.25) is 0 Å². The van der Waals surface area contributed by atoms with Crippen LogP contribution < -0.4 is 0 Å². The number of hydrogen-bond donors (Lipinski definition) is 0. The lowest BCUT2D eigenvalue weighted by molar-refractivity contribution is -0.871. The summed E-state index contributed by atoms with van der Waals surface area (Å²) in [5.74, 6) is -1.39. The van der Waals surface area contributed by atoms with Gasteiger partial charge in [-0.2, -0.15) is 13.2 Å². The lowest BCUT2D eigenvalue weighted by atomic mass is 9.98. The van der Waals surface area contributed by atoms with Crippen LogP contribution in [-0.2, 0) is 0 Å². The van der Waals surface area contributed by atoms with Crippen LogP contribution in [0.5, 0.6) is 0 Å². The first kappa shape index (κ1) is 9.80. The van der Waals surface area contributed by atoms with Gasteiger partial charge in [0.15, 0.2) is 0 Å². The number of quaternary nitrogens is 1. The first-order valence-electron chi connectivity index (χ1n) is 3.93. The molecule has 1 rings (SSSR count). The van der Waals surface area contributed by atoms with Gasteiger partial charge in [-0.3, -0.25) is 0 Å². The molecule has 0 amide bonds. The molecule has 0 aromatic carbocycles. The minimum absolute atomic E-state index is 0.111. The van der Waals surface area contributed by atoms with Crippen molar-refractivity contribution in [3.63, 3.8) is 0 Å². The number of likely N-dealkylation sites (tertiary alicyclic amines) is 1. The minimum atomic E-state index is -4.19. The van der Waals surface area contributed by atoms with E-state index in [1.165, 1.54) is 7.05 Å². The van der Waals surface area contributed by atoms with Crippen molar-refractivity contribution in [3.05, 3.63) is 5.21 Å². The van der Waals surface area contributed by atoms with E-state index in [1.807, 2.05) is 0 Å². The molecule has 0 radical (unpaired) electrons. The Bertz CT molecular complexity index is 163. The smallest absolute Gasteiger partial charge is 0.397 e. The molecule has 0 N–H and O–H groups in total. The van der Waals surface area contributed by atoms with Gasteiger partial charge in [-0.25, -0.2) is 0 Å². The van der Waals surface area contributed by atoms with Crippen LogP contribution in [0.1, 0.15) is 12.8 Å². The summed E-state index contributed by atoms with van der Waals surface area (Å²) in [6.07, 6.45) is -3.70. The SMILES string of the molecule is C[N+]1([O-])CCCC(C(F)(F)F)C1. The van der Waals surface area contributed by atoms with Gasteiger partial charge in [-0.05, 0) is 12.8 Å². The molecule has 1 saturated heterocycles. The first-order valence-corrected chi connectivity index (χ1v) is 3.93. The van der Waals surface area contributed by atoms with Gasteiger partial charge >= 0.3 is 6.18 Å². The summed E-state index contributed by atoms with van der Waals surface area (Å²) in [4.78, 5) is 0. The molecule has 1 aliphatic heterocycles. The molecule has 0 saturated carbocycles. The molecule has 0 bridgehead atoms. The molecule has 0 aliphatic carbocycles. The fourth-order valence-corrected chi connectivity index (χ4v) is 1.59. The van der Waals surface area contributed by atoms with Crippen LogP contribution in [-0.4, -0.2) is 31.0 Å². The van der Waals surface area contributed by atoms with Crippen molar-refractivity contribution in [2.24, 2.45) is 5.92 Å². The summed E-state index contributed by atoms with van der Waals surface area (Å²) < 4.78 is 35.7. The highest BCUT2D eigenvalue weighted by Gasteiger charge is 2.44. The molecule has 72 valence electrons. The van der Waals surface area contributed by atoms with E-state index in [1.54, 1.807) is 0 Å². The van der Waals surface area contributed by atoms with Crippen LogP contribution >= 0.6 is 0 Å². The predicted molar refractivity (Wildman–Crippen MR) is 38.1 cm³/mol. The van der Waals surface area contributed by atoms with Crippen LogP contribution in [0.15, 0.2) is 0 Å². The van der Waals surface area contributed by atoms with Crippen molar-refractivity contribution in [2.75, 3.05) is 20.1 Å². The van der Waals surface area contributed by atoms with E-state index in [9.17, 15) is 18.4 Å². The van der Waals surface area contributed by atoms with Crippen molar-refractivity contribution in [3.8, 4) is 0 Å². The van der Waals surface area contributed by atoms with Gasteiger partial charge < -0.3 is 9.85 Å². The van der Waals surface area contributed by atoms with Gasteiger partial charge in [0.1, 0.15) is 5.92 Å². The second-order valence-corrected chi connectivity index (χ2v) is 3.58. The third-order valence-electron chi connectivity index (χ3n) is 2.25. The normalized spacial score (nSPS) is 38.2. The van der Waals surface area contributed by atoms with Gasteiger partial charge in [-0.15, -0.1) is 0 Å². The Balaban J connectivity index is 2.58. The Labute approximate surface area is 69.1 Å². The lowest BCUT2D eigenvalue weighted by Crippen LogP contribution is -2.49. The van der Waals surface area contributed by atoms with E-state index in [4.69, 9.17) is 0 Å². The molecule has 2 nitrogen and oxygen atoms in total. The van der Waals surface area contributed by atoms with Gasteiger partial charge in [0.05, 0.1) is 20.1 Å². The maximum Gasteiger partial charge on any atom is 0.397 e. The zero-order valence-electron chi connectivity index (χ0n) is 6.90. The number of nitrogens with zero attached hydrogens (tertiary/aromatic N) is 1. The minimum Gasteiger partial charge on any atom is -0.633 e. The second-order valence-electron chi connectivity index (χ2n) is 3.58. The topological polar surface area (TPSA) is 23.1 Å². The Morgan fingerprint density at radius 2 is 2.00 bits per heavy atom. The molecule has 0 spiro atoms. The van der Waals surface area contributed by atoms with Crippen molar-refractivity contribution in [1.29, 1.82) is 0 Å². The largest absolute Gasteiger partial charge is 0.633 e. The van der Waals surface area contributed by atoms with Crippen LogP contribution in [0.3, 0.4) is 0 Å². The fourth-order valence-electron chi connectivity index (χ4n) is 1.59. The molecular formula is C7H12F3NO. The van der Waals surface area contributed by atoms with Crippen LogP contribution in [0.2, 0.25) is 0 Å². The van der Waals surface area contributed by atoms with Crippen molar-refractivity contribution >= 4 is 0 Å². The molecule has 1 aliphatic rings. The van der Waals surface area contributed by atoms with E-state index in [0.29, 0.717) is 13.0 Å². The average Bonchev–Trinajstić information content (AvgIpc) is 1.83. The standard InChI is InChI=1S/C7H12F3NO/c1-11(12)4-2-3-6(5-11)7(8,9)10/h6H,2-5H2,1H3. The van der Waals surface area contributed by atoms with Crippen LogP contribution in [0.25, 0.3) is 0 Å². The van der Waals surface area contributed by atoms with E-state index in [2.05, 4.69) is 0 Å². The quantitative estimate of drug-likeness (QED) is 0.415. The van der Waals surface area contributed by atoms with Crippen molar-refractivity contribution < 1.29 is 17.8 Å². The predicted octanol–water partition coefficient (Wildman–Crippen LogP) is 1.90. The number of hydroxylamine groups is 3. The van der Waals surface area contributed by atoms with Crippen molar-refractivity contribution in [1.82, 2.24) is 0 Å². The Kier molecular flexibility index (Phi) is 2.35. The lowest BCUT2D eigenvalue weighted by Gasteiger charge is -2.45. The number of piperidine rings is 1. The van der Waals surface area contributed by atoms with E-state index < -0.39 is 16.7 Å². The molecule has 0 aromatic heterocycles. The molecule has 2 atom stereocenters. The summed E-state index contributed by atoms with van der Waals surface area (Å²) in [6, 6.07) is 0. The molecular weight excluding hydrogens is 171 g/mol. The third kappa shape index (κ3) is 2.35. The summed E-state index contributed by atoms with van der Waals surface area (Å²) in [5, 5.41) is 11.2. The summed E-state index contributed by atoms with van der Waals surface area (Å²) in [6.45, 7) is -0.00389. The van der Waals surface area contributed by atoms with E-state index >= 15 is 0 Å². The third-order valence-corrected chi connectivity index (χ3v) is 2.25. The van der Waals surface area contributed by atoms with Crippen LogP contribution in [0, 0.1) is 11.1 Å². The summed E-state index contributed by atoms with van der Waals surface area (Å²) in [5.41, 5.74) is 0. The number of halogens is 3. The monoisotopic (exact) mass is 183 g/mol. The Hall–Kier alpha value is -0.290. The summed E-state index contributed by atoms with van der Waals surface area (Å²) >= 11 is 0. The van der Waals surface area contributed by atoms with Gasteiger partial charge in [0, 0.05) is 0 Å². The number of hydrogen-bond acceptors (Lipinski definition) is 1. The number of alkyl halides is 3. The van der Waals surface area contributed by atoms with Crippen molar-refractivity contribution in [2.45, 2.75) is 19.0 Å².